The molecule has 2 atom stereocenters. The molecule has 1 N–H and O–H groups in total. The topological polar surface area (TPSA) is 49.4 Å². The monoisotopic (exact) mass is 352 g/mol. The second kappa shape index (κ2) is 4.87. The third-order valence-electron chi connectivity index (χ3n) is 5.31. The molecule has 0 bridgehead atoms. The molecule has 0 unspecified atom stereocenters. The molecule has 1 heterocycles. The van der Waals surface area contributed by atoms with Crippen LogP contribution >= 0.6 is 23.2 Å². The average Bonchev–Trinajstić information content (AvgIpc) is 2.85. The van der Waals surface area contributed by atoms with E-state index in [0.717, 1.165) is 24.8 Å². The zero-order valence-corrected chi connectivity index (χ0v) is 14.4. The second-order valence-corrected chi connectivity index (χ2v) is 8.51. The standard InChI is InChI=1S/C17H18Cl2N2O2/c1-16(12-6-5-10-3-2-4-11(10)7-12)14(22)21(15(23)20-16)9-13-8-17(13,18)19/h5-7,13H,2-4,8-9H2,1H3,(H,20,23)/t13-,16+/m0/s1. The van der Waals surface area contributed by atoms with Crippen LogP contribution in [0.15, 0.2) is 18.2 Å². The lowest BCUT2D eigenvalue weighted by Crippen LogP contribution is -2.41. The zero-order chi connectivity index (χ0) is 16.4. The van der Waals surface area contributed by atoms with Crippen LogP contribution in [0.1, 0.15) is 36.5 Å². The molecule has 1 aromatic carbocycles. The van der Waals surface area contributed by atoms with Gasteiger partial charge in [0, 0.05) is 12.5 Å². The fraction of sp³-hybridized carbons (Fsp3) is 0.529. The van der Waals surface area contributed by atoms with E-state index in [2.05, 4.69) is 17.4 Å². The van der Waals surface area contributed by atoms with Gasteiger partial charge in [0.1, 0.15) is 9.87 Å². The third kappa shape index (κ3) is 2.34. The maximum absolute atomic E-state index is 12.9. The summed E-state index contributed by atoms with van der Waals surface area (Å²) in [6.07, 6.45) is 3.89. The highest BCUT2D eigenvalue weighted by atomic mass is 35.5. The minimum absolute atomic E-state index is 0.0390. The number of nitrogens with zero attached hydrogens (tertiary/aromatic N) is 1. The molecule has 0 aromatic heterocycles. The van der Waals surface area contributed by atoms with E-state index >= 15 is 0 Å². The van der Waals surface area contributed by atoms with E-state index in [9.17, 15) is 9.59 Å². The lowest BCUT2D eigenvalue weighted by atomic mass is 9.89. The summed E-state index contributed by atoms with van der Waals surface area (Å²) in [5, 5.41) is 2.85. The maximum atomic E-state index is 12.9. The number of nitrogens with one attached hydrogen (secondary N) is 1. The number of amides is 3. The Morgan fingerprint density at radius 1 is 1.26 bits per heavy atom. The fourth-order valence-corrected chi connectivity index (χ4v) is 4.14. The number of alkyl halides is 2. The van der Waals surface area contributed by atoms with Crippen molar-refractivity contribution in [3.8, 4) is 0 Å². The van der Waals surface area contributed by atoms with Gasteiger partial charge in [-0.05, 0) is 49.3 Å². The number of aryl methyl sites for hydroxylation is 2. The lowest BCUT2D eigenvalue weighted by Gasteiger charge is -2.23. The Morgan fingerprint density at radius 3 is 2.65 bits per heavy atom. The third-order valence-corrected chi connectivity index (χ3v) is 6.24. The Hall–Kier alpha value is -1.26. The van der Waals surface area contributed by atoms with Crippen molar-refractivity contribution in [2.45, 2.75) is 42.5 Å². The summed E-state index contributed by atoms with van der Waals surface area (Å²) in [6.45, 7) is 2.05. The first kappa shape index (κ1) is 15.3. The van der Waals surface area contributed by atoms with Gasteiger partial charge in [-0.2, -0.15) is 0 Å². The molecular formula is C17H18Cl2N2O2. The van der Waals surface area contributed by atoms with Gasteiger partial charge >= 0.3 is 6.03 Å². The molecule has 3 aliphatic rings. The fourth-order valence-electron chi connectivity index (χ4n) is 3.63. The summed E-state index contributed by atoms with van der Waals surface area (Å²) in [5.41, 5.74) is 2.47. The van der Waals surface area contributed by atoms with Crippen LogP contribution in [0.5, 0.6) is 0 Å². The van der Waals surface area contributed by atoms with Gasteiger partial charge in [0.05, 0.1) is 0 Å². The molecule has 4 nitrogen and oxygen atoms in total. The van der Waals surface area contributed by atoms with Gasteiger partial charge in [0.2, 0.25) is 0 Å². The number of imide groups is 1. The number of benzene rings is 1. The molecule has 0 spiro atoms. The zero-order valence-electron chi connectivity index (χ0n) is 12.9. The lowest BCUT2D eigenvalue weighted by molar-refractivity contribution is -0.131. The molecule has 1 saturated carbocycles. The smallest absolute Gasteiger partial charge is 0.319 e. The number of halogens is 2. The number of hydrogen-bond acceptors (Lipinski definition) is 2. The van der Waals surface area contributed by atoms with Crippen molar-refractivity contribution >= 4 is 35.1 Å². The van der Waals surface area contributed by atoms with Crippen LogP contribution < -0.4 is 5.32 Å². The highest BCUT2D eigenvalue weighted by Gasteiger charge is 2.56. The van der Waals surface area contributed by atoms with Crippen LogP contribution in [0.25, 0.3) is 0 Å². The first-order chi connectivity index (χ1) is 10.8. The number of rotatable bonds is 3. The largest absolute Gasteiger partial charge is 0.325 e. The minimum atomic E-state index is -1.01. The summed E-state index contributed by atoms with van der Waals surface area (Å²) < 4.78 is -0.798. The van der Waals surface area contributed by atoms with Crippen molar-refractivity contribution in [3.63, 3.8) is 0 Å². The first-order valence-electron chi connectivity index (χ1n) is 7.95. The molecule has 2 aliphatic carbocycles. The number of fused-ring (bicyclic) bond motifs is 1. The van der Waals surface area contributed by atoms with Gasteiger partial charge in [-0.15, -0.1) is 23.2 Å². The van der Waals surface area contributed by atoms with Crippen molar-refractivity contribution in [3.05, 3.63) is 34.9 Å². The Labute approximate surface area is 145 Å². The van der Waals surface area contributed by atoms with E-state index in [0.29, 0.717) is 6.42 Å². The van der Waals surface area contributed by atoms with Crippen LogP contribution in [0.4, 0.5) is 4.79 Å². The van der Waals surface area contributed by atoms with Gasteiger partial charge in [0.25, 0.3) is 5.91 Å². The molecule has 1 saturated heterocycles. The van der Waals surface area contributed by atoms with Crippen molar-refractivity contribution in [2.75, 3.05) is 6.54 Å². The molecule has 23 heavy (non-hydrogen) atoms. The summed E-state index contributed by atoms with van der Waals surface area (Å²) >= 11 is 12.1. The van der Waals surface area contributed by atoms with E-state index < -0.39 is 9.87 Å². The van der Waals surface area contributed by atoms with Gasteiger partial charge in [-0.3, -0.25) is 9.69 Å². The Bertz CT molecular complexity index is 719. The maximum Gasteiger partial charge on any atom is 0.325 e. The second-order valence-electron chi connectivity index (χ2n) is 6.97. The Morgan fingerprint density at radius 2 is 1.96 bits per heavy atom. The highest BCUT2D eigenvalue weighted by molar-refractivity contribution is 6.50. The molecule has 4 rings (SSSR count). The molecule has 3 amide bonds. The first-order valence-corrected chi connectivity index (χ1v) is 8.71. The molecule has 0 radical (unpaired) electrons. The van der Waals surface area contributed by atoms with Crippen molar-refractivity contribution in [1.82, 2.24) is 10.2 Å². The highest BCUT2D eigenvalue weighted by Crippen LogP contribution is 2.53. The Kier molecular flexibility index (Phi) is 3.23. The minimum Gasteiger partial charge on any atom is -0.319 e. The molecular weight excluding hydrogens is 335 g/mol. The number of urea groups is 1. The van der Waals surface area contributed by atoms with Crippen molar-refractivity contribution in [1.29, 1.82) is 0 Å². The normalized spacial score (nSPS) is 31.3. The van der Waals surface area contributed by atoms with Crippen LogP contribution in [0.3, 0.4) is 0 Å². The molecule has 2 fully saturated rings. The SMILES string of the molecule is C[C@]1(c2ccc3c(c2)CCC3)NC(=O)N(C[C@@H]2CC2(Cl)Cl)C1=O. The van der Waals surface area contributed by atoms with Crippen LogP contribution in [-0.4, -0.2) is 27.7 Å². The van der Waals surface area contributed by atoms with Crippen LogP contribution in [0.2, 0.25) is 0 Å². The predicted molar refractivity (Wildman–Crippen MR) is 88.6 cm³/mol. The average molecular weight is 353 g/mol. The number of carbonyl (C=O) groups is 2. The molecule has 6 heteroatoms. The van der Waals surface area contributed by atoms with E-state index in [1.54, 1.807) is 6.92 Å². The van der Waals surface area contributed by atoms with Gasteiger partial charge in [0.15, 0.2) is 0 Å². The number of carbonyl (C=O) groups excluding carboxylic acids is 2. The summed E-state index contributed by atoms with van der Waals surface area (Å²) in [4.78, 5) is 26.4. The van der Waals surface area contributed by atoms with Crippen LogP contribution in [0, 0.1) is 5.92 Å². The summed E-state index contributed by atoms with van der Waals surface area (Å²) in [7, 11) is 0. The van der Waals surface area contributed by atoms with E-state index in [1.807, 2.05) is 6.07 Å². The molecule has 1 aromatic rings. The predicted octanol–water partition coefficient (Wildman–Crippen LogP) is 3.14. The van der Waals surface area contributed by atoms with Gasteiger partial charge in [-0.25, -0.2) is 4.79 Å². The quantitative estimate of drug-likeness (QED) is 0.671. The van der Waals surface area contributed by atoms with Gasteiger partial charge in [-0.1, -0.05) is 18.2 Å². The number of hydrogen-bond donors (Lipinski definition) is 1. The van der Waals surface area contributed by atoms with E-state index in [-0.39, 0.29) is 24.4 Å². The van der Waals surface area contributed by atoms with Crippen molar-refractivity contribution in [2.24, 2.45) is 5.92 Å². The van der Waals surface area contributed by atoms with Crippen LogP contribution in [-0.2, 0) is 23.2 Å². The Balaban J connectivity index is 1.61. The summed E-state index contributed by atoms with van der Waals surface area (Å²) in [5.74, 6) is -0.264. The van der Waals surface area contributed by atoms with E-state index in [4.69, 9.17) is 23.2 Å². The molecule has 1 aliphatic heterocycles. The van der Waals surface area contributed by atoms with Gasteiger partial charge < -0.3 is 5.32 Å². The molecule has 122 valence electrons. The summed E-state index contributed by atoms with van der Waals surface area (Å²) in [6, 6.07) is 5.73. The van der Waals surface area contributed by atoms with E-state index in [1.165, 1.54) is 16.0 Å². The van der Waals surface area contributed by atoms with Crippen molar-refractivity contribution < 1.29 is 9.59 Å².